The first-order valence-electron chi connectivity index (χ1n) is 8.40. The van der Waals surface area contributed by atoms with Gasteiger partial charge in [-0.1, -0.05) is 0 Å². The highest BCUT2D eigenvalue weighted by molar-refractivity contribution is 5.94. The second-order valence-corrected chi connectivity index (χ2v) is 7.20. The van der Waals surface area contributed by atoms with Crippen molar-refractivity contribution >= 4 is 5.91 Å². The molecule has 126 valence electrons. The highest BCUT2D eigenvalue weighted by Gasteiger charge is 2.44. The summed E-state index contributed by atoms with van der Waals surface area (Å²) in [6.07, 6.45) is 4.11. The van der Waals surface area contributed by atoms with E-state index in [0.717, 1.165) is 31.6 Å². The Morgan fingerprint density at radius 1 is 1.26 bits per heavy atom. The molecule has 1 aliphatic heterocycles. The largest absolute Gasteiger partial charge is 0.380 e. The van der Waals surface area contributed by atoms with Crippen molar-refractivity contribution in [2.24, 2.45) is 11.8 Å². The van der Waals surface area contributed by atoms with E-state index in [-0.39, 0.29) is 12.0 Å². The maximum atomic E-state index is 12.7. The maximum Gasteiger partial charge on any atom is 0.255 e. The summed E-state index contributed by atoms with van der Waals surface area (Å²) >= 11 is 0. The molecule has 0 unspecified atom stereocenters. The second-order valence-electron chi connectivity index (χ2n) is 7.20. The summed E-state index contributed by atoms with van der Waals surface area (Å²) in [5, 5.41) is 0. The number of methoxy groups -OCH3 is 1. The Morgan fingerprint density at radius 3 is 2.52 bits per heavy atom. The molecule has 0 aromatic carbocycles. The van der Waals surface area contributed by atoms with E-state index in [9.17, 15) is 4.79 Å². The molecule has 23 heavy (non-hydrogen) atoms. The molecule has 1 aliphatic carbocycles. The van der Waals surface area contributed by atoms with Gasteiger partial charge in [0.25, 0.3) is 5.91 Å². The molecule has 1 saturated carbocycles. The van der Waals surface area contributed by atoms with Crippen molar-refractivity contribution in [3.63, 3.8) is 0 Å². The number of fused-ring (bicyclic) bond motifs is 1. The van der Waals surface area contributed by atoms with Crippen molar-refractivity contribution in [3.05, 3.63) is 29.6 Å². The molecular weight excluding hydrogens is 290 g/mol. The van der Waals surface area contributed by atoms with Crippen LogP contribution in [0.25, 0.3) is 0 Å². The van der Waals surface area contributed by atoms with Gasteiger partial charge < -0.3 is 14.5 Å². The van der Waals surface area contributed by atoms with E-state index in [2.05, 4.69) is 24.0 Å². The lowest BCUT2D eigenvalue weighted by molar-refractivity contribution is -0.0209. The molecule has 5 heteroatoms. The van der Waals surface area contributed by atoms with Crippen LogP contribution in [0.15, 0.2) is 18.3 Å². The summed E-state index contributed by atoms with van der Waals surface area (Å²) in [5.41, 5.74) is 1.63. The Balaban J connectivity index is 1.70. The summed E-state index contributed by atoms with van der Waals surface area (Å²) < 4.78 is 5.71. The molecule has 1 saturated heterocycles. The summed E-state index contributed by atoms with van der Waals surface area (Å²) in [6, 6.07) is 4.23. The summed E-state index contributed by atoms with van der Waals surface area (Å²) in [4.78, 5) is 21.2. The normalized spacial score (nSPS) is 30.6. The fourth-order valence-electron chi connectivity index (χ4n) is 4.13. The number of hydrogen-bond donors (Lipinski definition) is 0. The molecule has 2 heterocycles. The van der Waals surface area contributed by atoms with Crippen molar-refractivity contribution < 1.29 is 9.53 Å². The molecule has 4 atom stereocenters. The minimum atomic E-state index is 0.113. The first-order chi connectivity index (χ1) is 11.0. The number of pyridine rings is 1. The van der Waals surface area contributed by atoms with Crippen LogP contribution in [-0.2, 0) is 4.74 Å². The van der Waals surface area contributed by atoms with Crippen LogP contribution < -0.4 is 0 Å². The molecule has 1 aromatic heterocycles. The van der Waals surface area contributed by atoms with E-state index in [1.165, 1.54) is 0 Å². The van der Waals surface area contributed by atoms with Crippen molar-refractivity contribution in [3.8, 4) is 0 Å². The molecule has 2 aliphatic rings. The molecule has 1 aromatic rings. The van der Waals surface area contributed by atoms with Crippen molar-refractivity contribution in [1.82, 2.24) is 14.8 Å². The maximum absolute atomic E-state index is 12.7. The Hall–Kier alpha value is -1.46. The number of aromatic nitrogens is 1. The number of likely N-dealkylation sites (N-methyl/N-ethyl adjacent to an activating group) is 1. The van der Waals surface area contributed by atoms with Crippen LogP contribution in [-0.4, -0.2) is 67.1 Å². The molecule has 5 nitrogen and oxygen atoms in total. The summed E-state index contributed by atoms with van der Waals surface area (Å²) in [6.45, 7) is 3.64. The van der Waals surface area contributed by atoms with Gasteiger partial charge in [-0.05, 0) is 57.8 Å². The van der Waals surface area contributed by atoms with Crippen molar-refractivity contribution in [2.45, 2.75) is 31.9 Å². The quantitative estimate of drug-likeness (QED) is 0.853. The van der Waals surface area contributed by atoms with E-state index in [0.29, 0.717) is 23.4 Å². The van der Waals surface area contributed by atoms with E-state index < -0.39 is 0 Å². The van der Waals surface area contributed by atoms with Crippen molar-refractivity contribution in [1.29, 1.82) is 0 Å². The smallest absolute Gasteiger partial charge is 0.255 e. The second kappa shape index (κ2) is 6.57. The Kier molecular flexibility index (Phi) is 4.69. The topological polar surface area (TPSA) is 45.7 Å². The van der Waals surface area contributed by atoms with Crippen LogP contribution in [0, 0.1) is 18.8 Å². The van der Waals surface area contributed by atoms with Crippen LogP contribution in [0.3, 0.4) is 0 Å². The highest BCUT2D eigenvalue weighted by Crippen LogP contribution is 2.39. The van der Waals surface area contributed by atoms with E-state index >= 15 is 0 Å². The lowest BCUT2D eigenvalue weighted by Gasteiger charge is -2.40. The first kappa shape index (κ1) is 16.4. The third-order valence-electron chi connectivity index (χ3n) is 5.50. The standard InChI is InChI=1S/C18H27N3O2/c1-12-5-6-13(9-19-12)18(22)21-10-14-7-16(20(2)3)17(23-4)8-15(14)11-21/h5-6,9,14-17H,7-8,10-11H2,1-4H3/t14-,15+,16-,17-/m1/s1. The number of hydrogen-bond acceptors (Lipinski definition) is 4. The van der Waals surface area contributed by atoms with Gasteiger partial charge in [0.05, 0.1) is 11.7 Å². The zero-order chi connectivity index (χ0) is 16.6. The third kappa shape index (κ3) is 3.26. The number of carbonyl (C=O) groups excluding carboxylic acids is 1. The van der Waals surface area contributed by atoms with Crippen LogP contribution in [0.2, 0.25) is 0 Å². The van der Waals surface area contributed by atoms with Gasteiger partial charge in [-0.2, -0.15) is 0 Å². The van der Waals surface area contributed by atoms with Gasteiger partial charge >= 0.3 is 0 Å². The van der Waals surface area contributed by atoms with Crippen LogP contribution in [0.4, 0.5) is 0 Å². The fourth-order valence-corrected chi connectivity index (χ4v) is 4.13. The minimum absolute atomic E-state index is 0.113. The molecule has 0 spiro atoms. The van der Waals surface area contributed by atoms with Crippen LogP contribution >= 0.6 is 0 Å². The monoisotopic (exact) mass is 317 g/mol. The lowest BCUT2D eigenvalue weighted by Crippen LogP contribution is -2.47. The molecule has 1 amide bonds. The van der Waals surface area contributed by atoms with E-state index in [1.807, 2.05) is 24.0 Å². The Bertz CT molecular complexity index is 558. The van der Waals surface area contributed by atoms with Crippen LogP contribution in [0.1, 0.15) is 28.9 Å². The van der Waals surface area contributed by atoms with E-state index in [4.69, 9.17) is 4.74 Å². The number of carbonyl (C=O) groups is 1. The summed E-state index contributed by atoms with van der Waals surface area (Å²) in [7, 11) is 6.04. The van der Waals surface area contributed by atoms with Gasteiger partial charge in [0, 0.05) is 38.1 Å². The molecule has 3 rings (SSSR count). The number of ether oxygens (including phenoxy) is 1. The number of likely N-dealkylation sites (tertiary alicyclic amines) is 1. The summed E-state index contributed by atoms with van der Waals surface area (Å²) in [5.74, 6) is 1.25. The molecule has 0 N–H and O–H groups in total. The van der Waals surface area contributed by atoms with Gasteiger partial charge in [-0.25, -0.2) is 0 Å². The Labute approximate surface area is 138 Å². The van der Waals surface area contributed by atoms with Gasteiger partial charge in [0.15, 0.2) is 0 Å². The molecule has 0 radical (unpaired) electrons. The predicted molar refractivity (Wildman–Crippen MR) is 89.4 cm³/mol. The van der Waals surface area contributed by atoms with Gasteiger partial charge in [0.2, 0.25) is 0 Å². The molecule has 2 fully saturated rings. The molecular formula is C18H27N3O2. The number of aryl methyl sites for hydroxylation is 1. The molecule has 0 bridgehead atoms. The zero-order valence-corrected chi connectivity index (χ0v) is 14.5. The van der Waals surface area contributed by atoms with Crippen molar-refractivity contribution in [2.75, 3.05) is 34.3 Å². The lowest BCUT2D eigenvalue weighted by atomic mass is 9.77. The Morgan fingerprint density at radius 2 is 1.96 bits per heavy atom. The van der Waals surface area contributed by atoms with Crippen LogP contribution in [0.5, 0.6) is 0 Å². The zero-order valence-electron chi connectivity index (χ0n) is 14.5. The fraction of sp³-hybridized carbons (Fsp3) is 0.667. The third-order valence-corrected chi connectivity index (χ3v) is 5.50. The first-order valence-corrected chi connectivity index (χ1v) is 8.40. The average molecular weight is 317 g/mol. The van der Waals surface area contributed by atoms with E-state index in [1.54, 1.807) is 13.3 Å². The van der Waals surface area contributed by atoms with Gasteiger partial charge in [0.1, 0.15) is 0 Å². The number of nitrogens with zero attached hydrogens (tertiary/aromatic N) is 3. The highest BCUT2D eigenvalue weighted by atomic mass is 16.5. The van der Waals surface area contributed by atoms with Gasteiger partial charge in [-0.3, -0.25) is 9.78 Å². The van der Waals surface area contributed by atoms with Gasteiger partial charge in [-0.15, -0.1) is 0 Å². The number of amides is 1. The number of rotatable bonds is 3. The SMILES string of the molecule is CO[C@@H]1C[C@H]2CN(C(=O)c3ccc(C)nc3)C[C@H]2C[C@H]1N(C)C. The minimum Gasteiger partial charge on any atom is -0.380 e. The predicted octanol–water partition coefficient (Wildman–Crippen LogP) is 1.82. The average Bonchev–Trinajstić information content (AvgIpc) is 2.96.